The second kappa shape index (κ2) is 3.79. The molecule has 0 fully saturated rings. The van der Waals surface area contributed by atoms with E-state index >= 15 is 0 Å². The fourth-order valence-corrected chi connectivity index (χ4v) is 1.80. The molecule has 1 heterocycles. The molecule has 72 valence electrons. The first-order valence-corrected chi connectivity index (χ1v) is 5.08. The van der Waals surface area contributed by atoms with Crippen LogP contribution in [0.2, 0.25) is 0 Å². The molecule has 14 heavy (non-hydrogen) atoms. The van der Waals surface area contributed by atoms with Crippen molar-refractivity contribution in [2.45, 2.75) is 19.8 Å². The molecule has 0 amide bonds. The molecule has 0 atom stereocenters. The third kappa shape index (κ3) is 1.63. The summed E-state index contributed by atoms with van der Waals surface area (Å²) >= 11 is 0. The molecule has 1 heteroatoms. The van der Waals surface area contributed by atoms with Crippen LogP contribution in [-0.2, 0) is 0 Å². The Labute approximate surface area is 85.2 Å². The number of benzene rings is 1. The lowest BCUT2D eigenvalue weighted by atomic mass is 9.93. The van der Waals surface area contributed by atoms with Gasteiger partial charge in [0.2, 0.25) is 0 Å². The zero-order valence-electron chi connectivity index (χ0n) is 8.70. The maximum Gasteiger partial charge on any atom is 0.0580 e. The van der Waals surface area contributed by atoms with Gasteiger partial charge in [-0.15, -0.1) is 0 Å². The van der Waals surface area contributed by atoms with Gasteiger partial charge in [0.1, 0.15) is 0 Å². The van der Waals surface area contributed by atoms with Crippen molar-refractivity contribution in [2.24, 2.45) is 4.99 Å². The maximum absolute atomic E-state index is 4.22. The zero-order chi connectivity index (χ0) is 9.97. The second-order valence-corrected chi connectivity index (χ2v) is 3.90. The SMILES string of the molecule is CC(C)c1ccccc1C1=CCN=C1. The quantitative estimate of drug-likeness (QED) is 0.670. The monoisotopic (exact) mass is 185 g/mol. The van der Waals surface area contributed by atoms with Crippen LogP contribution in [-0.4, -0.2) is 12.8 Å². The molecule has 0 aromatic heterocycles. The van der Waals surface area contributed by atoms with Crippen molar-refractivity contribution in [1.82, 2.24) is 0 Å². The minimum Gasteiger partial charge on any atom is -0.288 e. The van der Waals surface area contributed by atoms with E-state index in [1.165, 1.54) is 16.7 Å². The highest BCUT2D eigenvalue weighted by Crippen LogP contribution is 2.25. The van der Waals surface area contributed by atoms with Crippen LogP contribution in [0.1, 0.15) is 30.9 Å². The van der Waals surface area contributed by atoms with E-state index in [0.29, 0.717) is 5.92 Å². The first-order valence-electron chi connectivity index (χ1n) is 5.08. The Morgan fingerprint density at radius 1 is 1.21 bits per heavy atom. The van der Waals surface area contributed by atoms with Gasteiger partial charge in [-0.05, 0) is 22.6 Å². The van der Waals surface area contributed by atoms with Crippen molar-refractivity contribution in [3.8, 4) is 0 Å². The molecule has 0 aliphatic carbocycles. The van der Waals surface area contributed by atoms with Crippen molar-refractivity contribution in [2.75, 3.05) is 6.54 Å². The van der Waals surface area contributed by atoms with Gasteiger partial charge in [-0.1, -0.05) is 44.2 Å². The van der Waals surface area contributed by atoms with Crippen molar-refractivity contribution >= 4 is 11.8 Å². The van der Waals surface area contributed by atoms with E-state index in [9.17, 15) is 0 Å². The minimum atomic E-state index is 0.570. The Bertz CT molecular complexity index is 386. The molecule has 1 nitrogen and oxygen atoms in total. The largest absolute Gasteiger partial charge is 0.288 e. The number of hydrogen-bond donors (Lipinski definition) is 0. The summed E-state index contributed by atoms with van der Waals surface area (Å²) in [5.41, 5.74) is 4.02. The maximum atomic E-state index is 4.22. The molecule has 2 rings (SSSR count). The molecule has 0 saturated heterocycles. The topological polar surface area (TPSA) is 12.4 Å². The number of rotatable bonds is 2. The Morgan fingerprint density at radius 3 is 2.64 bits per heavy atom. The predicted octanol–water partition coefficient (Wildman–Crippen LogP) is 3.28. The molecule has 1 aromatic carbocycles. The van der Waals surface area contributed by atoms with Gasteiger partial charge in [-0.2, -0.15) is 0 Å². The lowest BCUT2D eigenvalue weighted by Gasteiger charge is -2.11. The van der Waals surface area contributed by atoms with Crippen molar-refractivity contribution < 1.29 is 0 Å². The van der Waals surface area contributed by atoms with Gasteiger partial charge in [-0.3, -0.25) is 4.99 Å². The summed E-state index contributed by atoms with van der Waals surface area (Å²) in [7, 11) is 0. The van der Waals surface area contributed by atoms with Gasteiger partial charge in [0, 0.05) is 6.21 Å². The van der Waals surface area contributed by atoms with Crippen LogP contribution in [0.3, 0.4) is 0 Å². The van der Waals surface area contributed by atoms with E-state index < -0.39 is 0 Å². The van der Waals surface area contributed by atoms with Crippen molar-refractivity contribution in [1.29, 1.82) is 0 Å². The van der Waals surface area contributed by atoms with Crippen LogP contribution in [0.15, 0.2) is 35.3 Å². The fourth-order valence-electron chi connectivity index (χ4n) is 1.80. The molecular weight excluding hydrogens is 170 g/mol. The zero-order valence-corrected chi connectivity index (χ0v) is 8.70. The van der Waals surface area contributed by atoms with E-state index in [-0.39, 0.29) is 0 Å². The van der Waals surface area contributed by atoms with Crippen molar-refractivity contribution in [3.05, 3.63) is 41.5 Å². The minimum absolute atomic E-state index is 0.570. The summed E-state index contributed by atoms with van der Waals surface area (Å²) < 4.78 is 0. The lowest BCUT2D eigenvalue weighted by Crippen LogP contribution is -1.95. The smallest absolute Gasteiger partial charge is 0.0580 e. The Hall–Kier alpha value is -1.37. The number of aliphatic imine (C=N–C) groups is 1. The Morgan fingerprint density at radius 2 is 2.00 bits per heavy atom. The highest BCUT2D eigenvalue weighted by molar-refractivity contribution is 6.12. The average molecular weight is 185 g/mol. The molecule has 1 aliphatic rings. The summed E-state index contributed by atoms with van der Waals surface area (Å²) in [5, 5.41) is 0. The van der Waals surface area contributed by atoms with Crippen LogP contribution in [0.25, 0.3) is 5.57 Å². The Kier molecular flexibility index (Phi) is 2.49. The van der Waals surface area contributed by atoms with E-state index in [0.717, 1.165) is 6.54 Å². The first-order chi connectivity index (χ1) is 6.79. The summed E-state index contributed by atoms with van der Waals surface area (Å²) in [6, 6.07) is 8.57. The van der Waals surface area contributed by atoms with Crippen LogP contribution in [0.4, 0.5) is 0 Å². The standard InChI is InChI=1S/C13H15N/c1-10(2)12-5-3-4-6-13(12)11-7-8-14-9-11/h3-7,9-10H,8H2,1-2H3. The predicted molar refractivity (Wildman–Crippen MR) is 61.9 cm³/mol. The summed E-state index contributed by atoms with van der Waals surface area (Å²) in [5.74, 6) is 0.570. The van der Waals surface area contributed by atoms with Crippen LogP contribution in [0.5, 0.6) is 0 Å². The van der Waals surface area contributed by atoms with E-state index in [1.54, 1.807) is 0 Å². The van der Waals surface area contributed by atoms with E-state index in [1.807, 2.05) is 6.21 Å². The van der Waals surface area contributed by atoms with Gasteiger partial charge < -0.3 is 0 Å². The first kappa shape index (κ1) is 9.20. The van der Waals surface area contributed by atoms with Crippen LogP contribution >= 0.6 is 0 Å². The summed E-state index contributed by atoms with van der Waals surface area (Å²) in [6.07, 6.45) is 4.16. The molecule has 1 aliphatic heterocycles. The fraction of sp³-hybridized carbons (Fsp3) is 0.308. The molecule has 0 spiro atoms. The van der Waals surface area contributed by atoms with Crippen LogP contribution in [0, 0.1) is 0 Å². The Balaban J connectivity index is 2.46. The van der Waals surface area contributed by atoms with Gasteiger partial charge in [-0.25, -0.2) is 0 Å². The molecule has 0 bridgehead atoms. The molecule has 0 saturated carbocycles. The second-order valence-electron chi connectivity index (χ2n) is 3.90. The summed E-state index contributed by atoms with van der Waals surface area (Å²) in [4.78, 5) is 4.22. The van der Waals surface area contributed by atoms with Gasteiger partial charge in [0.05, 0.1) is 6.54 Å². The van der Waals surface area contributed by atoms with Crippen LogP contribution < -0.4 is 0 Å². The third-order valence-electron chi connectivity index (χ3n) is 2.54. The number of hydrogen-bond acceptors (Lipinski definition) is 1. The van der Waals surface area contributed by atoms with Gasteiger partial charge in [0.15, 0.2) is 0 Å². The van der Waals surface area contributed by atoms with Crippen molar-refractivity contribution in [3.63, 3.8) is 0 Å². The highest BCUT2D eigenvalue weighted by atomic mass is 14.7. The molecule has 0 unspecified atom stereocenters. The van der Waals surface area contributed by atoms with E-state index in [2.05, 4.69) is 49.2 Å². The highest BCUT2D eigenvalue weighted by Gasteiger charge is 2.09. The number of allylic oxidation sites excluding steroid dienone is 1. The average Bonchev–Trinajstić information content (AvgIpc) is 2.70. The lowest BCUT2D eigenvalue weighted by molar-refractivity contribution is 0.863. The summed E-state index contributed by atoms with van der Waals surface area (Å²) in [6.45, 7) is 5.29. The normalized spacial score (nSPS) is 14.9. The molecule has 1 aromatic rings. The molecule has 0 N–H and O–H groups in total. The van der Waals surface area contributed by atoms with E-state index in [4.69, 9.17) is 0 Å². The molecule has 0 radical (unpaired) electrons. The molecular formula is C13H15N. The van der Waals surface area contributed by atoms with Gasteiger partial charge in [0.25, 0.3) is 0 Å². The van der Waals surface area contributed by atoms with Gasteiger partial charge >= 0.3 is 0 Å². The third-order valence-corrected chi connectivity index (χ3v) is 2.54. The number of nitrogens with zero attached hydrogens (tertiary/aromatic N) is 1.